The highest BCUT2D eigenvalue weighted by Crippen LogP contribution is 2.26. The maximum atomic E-state index is 12.6. The third-order valence-corrected chi connectivity index (χ3v) is 7.97. The SMILES string of the molecule is NCc1ccc(S(=O)c2ccc(SCCN3CCCNCC3)cc2)s1. The highest BCUT2D eigenvalue weighted by atomic mass is 32.2. The van der Waals surface area contributed by atoms with Gasteiger partial charge in [-0.3, -0.25) is 0 Å². The number of thioether (sulfide) groups is 1. The summed E-state index contributed by atoms with van der Waals surface area (Å²) in [6, 6.07) is 12.0. The summed E-state index contributed by atoms with van der Waals surface area (Å²) in [7, 11) is -1.11. The Morgan fingerprint density at radius 1 is 1.16 bits per heavy atom. The van der Waals surface area contributed by atoms with Crippen molar-refractivity contribution in [2.75, 3.05) is 38.5 Å². The van der Waals surface area contributed by atoms with Crippen molar-refractivity contribution in [3.8, 4) is 0 Å². The zero-order chi connectivity index (χ0) is 17.5. The second-order valence-electron chi connectivity index (χ2n) is 5.96. The zero-order valence-electron chi connectivity index (χ0n) is 14.3. The number of rotatable bonds is 7. The van der Waals surface area contributed by atoms with Gasteiger partial charge >= 0.3 is 0 Å². The Labute approximate surface area is 160 Å². The molecule has 1 saturated heterocycles. The maximum Gasteiger partial charge on any atom is 0.0963 e. The van der Waals surface area contributed by atoms with E-state index >= 15 is 0 Å². The molecule has 0 bridgehead atoms. The van der Waals surface area contributed by atoms with Gasteiger partial charge in [-0.05, 0) is 55.9 Å². The first-order chi connectivity index (χ1) is 12.3. The van der Waals surface area contributed by atoms with Crippen LogP contribution in [0.3, 0.4) is 0 Å². The molecule has 1 aromatic carbocycles. The molecule has 4 nitrogen and oxygen atoms in total. The summed E-state index contributed by atoms with van der Waals surface area (Å²) in [6.07, 6.45) is 1.24. The van der Waals surface area contributed by atoms with Crippen LogP contribution in [0.25, 0.3) is 0 Å². The number of nitrogens with two attached hydrogens (primary N) is 1. The molecule has 0 radical (unpaired) electrons. The first kappa shape index (κ1) is 19.1. The molecule has 1 aliphatic heterocycles. The molecule has 1 unspecified atom stereocenters. The number of nitrogens with zero attached hydrogens (tertiary/aromatic N) is 1. The van der Waals surface area contributed by atoms with E-state index in [2.05, 4.69) is 22.3 Å². The van der Waals surface area contributed by atoms with Crippen molar-refractivity contribution in [2.24, 2.45) is 5.73 Å². The molecule has 0 saturated carbocycles. The lowest BCUT2D eigenvalue weighted by Gasteiger charge is -2.18. The Hall–Kier alpha value is -0.700. The standard InChI is InChI=1S/C18H25N3OS3/c19-14-16-4-7-18(24-16)25(22)17-5-2-15(3-6-17)23-13-12-21-10-1-8-20-9-11-21/h2-7,20H,1,8-14,19H2. The molecule has 7 heteroatoms. The van der Waals surface area contributed by atoms with E-state index in [1.54, 1.807) is 0 Å². The average molecular weight is 396 g/mol. The molecule has 2 heterocycles. The second kappa shape index (κ2) is 9.85. The number of benzene rings is 1. The van der Waals surface area contributed by atoms with Crippen LogP contribution >= 0.6 is 23.1 Å². The van der Waals surface area contributed by atoms with Crippen LogP contribution in [-0.4, -0.2) is 47.6 Å². The van der Waals surface area contributed by atoms with Gasteiger partial charge in [0, 0.05) is 46.6 Å². The van der Waals surface area contributed by atoms with Gasteiger partial charge in [-0.2, -0.15) is 0 Å². The summed E-state index contributed by atoms with van der Waals surface area (Å²) in [5.41, 5.74) is 5.63. The van der Waals surface area contributed by atoms with Crippen LogP contribution in [0.5, 0.6) is 0 Å². The van der Waals surface area contributed by atoms with Crippen molar-refractivity contribution in [3.05, 3.63) is 41.3 Å². The smallest absolute Gasteiger partial charge is 0.0963 e. The monoisotopic (exact) mass is 395 g/mol. The normalized spacial score (nSPS) is 17.3. The molecule has 0 amide bonds. The van der Waals surface area contributed by atoms with Crippen LogP contribution in [0.1, 0.15) is 11.3 Å². The van der Waals surface area contributed by atoms with Crippen LogP contribution in [0.15, 0.2) is 50.4 Å². The maximum absolute atomic E-state index is 12.6. The molecule has 3 N–H and O–H groups in total. The van der Waals surface area contributed by atoms with Crippen LogP contribution in [-0.2, 0) is 17.3 Å². The molecule has 3 rings (SSSR count). The third kappa shape index (κ3) is 5.64. The zero-order valence-corrected chi connectivity index (χ0v) is 16.7. The van der Waals surface area contributed by atoms with Crippen molar-refractivity contribution < 1.29 is 4.21 Å². The minimum Gasteiger partial charge on any atom is -0.326 e. The quantitative estimate of drug-likeness (QED) is 0.706. The van der Waals surface area contributed by atoms with Gasteiger partial charge in [-0.15, -0.1) is 23.1 Å². The molecule has 0 spiro atoms. The number of hydrogen-bond acceptors (Lipinski definition) is 6. The summed E-state index contributed by atoms with van der Waals surface area (Å²) < 4.78 is 13.5. The predicted molar refractivity (Wildman–Crippen MR) is 108 cm³/mol. The fraction of sp³-hybridized carbons (Fsp3) is 0.444. The Morgan fingerprint density at radius 2 is 2.00 bits per heavy atom. The number of hydrogen-bond donors (Lipinski definition) is 2. The Balaban J connectivity index is 1.50. The van der Waals surface area contributed by atoms with E-state index in [1.165, 1.54) is 29.2 Å². The lowest BCUT2D eigenvalue weighted by molar-refractivity contribution is 0.311. The van der Waals surface area contributed by atoms with Crippen molar-refractivity contribution >= 4 is 33.9 Å². The molecule has 0 aliphatic carbocycles. The van der Waals surface area contributed by atoms with Gasteiger partial charge in [-0.1, -0.05) is 0 Å². The summed E-state index contributed by atoms with van der Waals surface area (Å²) in [6.45, 7) is 6.20. The van der Waals surface area contributed by atoms with Crippen LogP contribution in [0.2, 0.25) is 0 Å². The van der Waals surface area contributed by atoms with E-state index in [0.717, 1.165) is 45.9 Å². The Kier molecular flexibility index (Phi) is 7.51. The van der Waals surface area contributed by atoms with Crippen molar-refractivity contribution in [1.29, 1.82) is 0 Å². The van der Waals surface area contributed by atoms with E-state index in [4.69, 9.17) is 5.73 Å². The van der Waals surface area contributed by atoms with Crippen LogP contribution in [0, 0.1) is 0 Å². The van der Waals surface area contributed by atoms with Crippen molar-refractivity contribution in [3.63, 3.8) is 0 Å². The van der Waals surface area contributed by atoms with Crippen molar-refractivity contribution in [2.45, 2.75) is 27.0 Å². The van der Waals surface area contributed by atoms with Crippen LogP contribution < -0.4 is 11.1 Å². The average Bonchev–Trinajstić information content (AvgIpc) is 2.98. The summed E-state index contributed by atoms with van der Waals surface area (Å²) in [4.78, 5) is 5.69. The van der Waals surface area contributed by atoms with Gasteiger partial charge in [0.15, 0.2) is 0 Å². The fourth-order valence-corrected chi connectivity index (χ4v) is 6.01. The number of thiophene rings is 1. The van der Waals surface area contributed by atoms with Gasteiger partial charge in [0.05, 0.1) is 15.0 Å². The van der Waals surface area contributed by atoms with E-state index < -0.39 is 10.8 Å². The highest BCUT2D eigenvalue weighted by molar-refractivity contribution is 7.99. The first-order valence-electron chi connectivity index (χ1n) is 8.63. The Morgan fingerprint density at radius 3 is 2.76 bits per heavy atom. The number of nitrogens with one attached hydrogen (secondary N) is 1. The van der Waals surface area contributed by atoms with Gasteiger partial charge in [0.2, 0.25) is 0 Å². The topological polar surface area (TPSA) is 58.4 Å². The molecule has 25 heavy (non-hydrogen) atoms. The minimum atomic E-state index is -1.11. The van der Waals surface area contributed by atoms with Gasteiger partial charge in [0.25, 0.3) is 0 Å². The molecule has 2 aromatic rings. The largest absolute Gasteiger partial charge is 0.326 e. The molecule has 1 fully saturated rings. The fourth-order valence-electron chi connectivity index (χ4n) is 2.76. The summed E-state index contributed by atoms with van der Waals surface area (Å²) >= 11 is 3.40. The minimum absolute atomic E-state index is 0.504. The molecule has 1 aromatic heterocycles. The van der Waals surface area contributed by atoms with Gasteiger partial charge in [0.1, 0.15) is 0 Å². The van der Waals surface area contributed by atoms with E-state index in [0.29, 0.717) is 6.54 Å². The predicted octanol–water partition coefficient (Wildman–Crippen LogP) is 2.76. The van der Waals surface area contributed by atoms with Gasteiger partial charge < -0.3 is 16.0 Å². The van der Waals surface area contributed by atoms with Crippen molar-refractivity contribution in [1.82, 2.24) is 10.2 Å². The highest BCUT2D eigenvalue weighted by Gasteiger charge is 2.11. The molecular weight excluding hydrogens is 370 g/mol. The first-order valence-corrected chi connectivity index (χ1v) is 11.6. The lowest BCUT2D eigenvalue weighted by atomic mass is 10.4. The van der Waals surface area contributed by atoms with E-state index in [9.17, 15) is 4.21 Å². The Bertz CT molecular complexity index is 679. The van der Waals surface area contributed by atoms with E-state index in [-0.39, 0.29) is 0 Å². The second-order valence-corrected chi connectivity index (χ2v) is 10.0. The summed E-state index contributed by atoms with van der Waals surface area (Å²) in [5, 5.41) is 3.44. The van der Waals surface area contributed by atoms with Crippen LogP contribution in [0.4, 0.5) is 0 Å². The molecule has 1 atom stereocenters. The third-order valence-electron chi connectivity index (χ3n) is 4.17. The van der Waals surface area contributed by atoms with Gasteiger partial charge in [-0.25, -0.2) is 4.21 Å². The van der Waals surface area contributed by atoms with E-state index in [1.807, 2.05) is 36.0 Å². The molecule has 1 aliphatic rings. The lowest BCUT2D eigenvalue weighted by Crippen LogP contribution is -2.30. The molecular formula is C18H25N3OS3. The summed E-state index contributed by atoms with van der Waals surface area (Å²) in [5.74, 6) is 1.09. The molecule has 136 valence electrons.